The second-order valence-electron chi connectivity index (χ2n) is 5.60. The lowest BCUT2D eigenvalue weighted by Gasteiger charge is -2.15. The van der Waals surface area contributed by atoms with Crippen LogP contribution >= 0.6 is 0 Å². The molecule has 5 heteroatoms. The number of rotatable bonds is 7. The normalized spacial score (nSPS) is 12.0. The van der Waals surface area contributed by atoms with E-state index in [1.807, 2.05) is 38.1 Å². The van der Waals surface area contributed by atoms with Crippen LogP contribution in [0.5, 0.6) is 5.75 Å². The molecule has 1 atom stereocenters. The second-order valence-corrected chi connectivity index (χ2v) is 5.60. The van der Waals surface area contributed by atoms with E-state index >= 15 is 0 Å². The van der Waals surface area contributed by atoms with Crippen molar-refractivity contribution >= 4 is 5.91 Å². The van der Waals surface area contributed by atoms with E-state index in [-0.39, 0.29) is 25.0 Å². The molecule has 0 saturated carbocycles. The van der Waals surface area contributed by atoms with Gasteiger partial charge in [0.15, 0.2) is 0 Å². The lowest BCUT2D eigenvalue weighted by Crippen LogP contribution is -2.29. The number of hydrogen-bond acceptors (Lipinski definition) is 4. The molecule has 1 unspecified atom stereocenters. The van der Waals surface area contributed by atoms with Crippen LogP contribution in [-0.2, 0) is 11.2 Å². The fourth-order valence-electron chi connectivity index (χ4n) is 2.15. The van der Waals surface area contributed by atoms with Crippen molar-refractivity contribution in [1.29, 1.82) is 0 Å². The fraction of sp³-hybridized carbons (Fsp3) is 0.333. The van der Waals surface area contributed by atoms with E-state index < -0.39 is 6.10 Å². The van der Waals surface area contributed by atoms with Crippen molar-refractivity contribution in [2.24, 2.45) is 0 Å². The summed E-state index contributed by atoms with van der Waals surface area (Å²) < 4.78 is 5.60. The Hall–Kier alpha value is -2.40. The topological polar surface area (TPSA) is 71.5 Å². The van der Waals surface area contributed by atoms with Crippen LogP contribution in [0.1, 0.15) is 31.1 Å². The number of pyridine rings is 1. The van der Waals surface area contributed by atoms with Crippen LogP contribution in [0.4, 0.5) is 0 Å². The molecule has 0 aliphatic carbocycles. The van der Waals surface area contributed by atoms with Gasteiger partial charge in [0.1, 0.15) is 5.75 Å². The number of ether oxygens (including phenoxy) is 1. The summed E-state index contributed by atoms with van der Waals surface area (Å²) in [5, 5.41) is 12.9. The molecule has 0 aliphatic rings. The number of hydrogen-bond donors (Lipinski definition) is 2. The number of carbonyl (C=O) groups excluding carboxylic acids is 1. The van der Waals surface area contributed by atoms with Crippen LogP contribution in [0.2, 0.25) is 0 Å². The first-order valence-electron chi connectivity index (χ1n) is 7.65. The number of aromatic nitrogens is 1. The van der Waals surface area contributed by atoms with Crippen molar-refractivity contribution in [1.82, 2.24) is 10.3 Å². The maximum atomic E-state index is 11.9. The van der Waals surface area contributed by atoms with Crippen LogP contribution in [-0.4, -0.2) is 28.6 Å². The van der Waals surface area contributed by atoms with Gasteiger partial charge in [-0.2, -0.15) is 0 Å². The van der Waals surface area contributed by atoms with Crippen molar-refractivity contribution in [2.75, 3.05) is 6.54 Å². The molecule has 0 bridgehead atoms. The third-order valence-corrected chi connectivity index (χ3v) is 3.19. The maximum absolute atomic E-state index is 11.9. The molecule has 5 nitrogen and oxygen atoms in total. The zero-order valence-corrected chi connectivity index (χ0v) is 13.4. The summed E-state index contributed by atoms with van der Waals surface area (Å²) in [6.45, 7) is 4.05. The smallest absolute Gasteiger partial charge is 0.224 e. The molecule has 0 fully saturated rings. The van der Waals surface area contributed by atoms with Gasteiger partial charge in [-0.1, -0.05) is 18.2 Å². The number of amides is 1. The van der Waals surface area contributed by atoms with Crippen LogP contribution in [0.3, 0.4) is 0 Å². The Morgan fingerprint density at radius 3 is 2.83 bits per heavy atom. The predicted molar refractivity (Wildman–Crippen MR) is 88.1 cm³/mol. The Morgan fingerprint density at radius 2 is 2.13 bits per heavy atom. The highest BCUT2D eigenvalue weighted by molar-refractivity contribution is 5.78. The van der Waals surface area contributed by atoms with E-state index in [9.17, 15) is 9.90 Å². The van der Waals surface area contributed by atoms with Gasteiger partial charge < -0.3 is 15.2 Å². The van der Waals surface area contributed by atoms with Crippen molar-refractivity contribution in [2.45, 2.75) is 32.5 Å². The molecule has 2 aromatic rings. The first-order valence-corrected chi connectivity index (χ1v) is 7.65. The molecular weight excluding hydrogens is 292 g/mol. The zero-order valence-electron chi connectivity index (χ0n) is 13.4. The summed E-state index contributed by atoms with van der Waals surface area (Å²) in [5.74, 6) is 0.560. The highest BCUT2D eigenvalue weighted by Crippen LogP contribution is 2.19. The first-order chi connectivity index (χ1) is 11.0. The van der Waals surface area contributed by atoms with Gasteiger partial charge >= 0.3 is 0 Å². The number of benzene rings is 1. The lowest BCUT2D eigenvalue weighted by atomic mass is 10.1. The minimum atomic E-state index is -0.774. The molecule has 2 rings (SSSR count). The third kappa shape index (κ3) is 5.71. The monoisotopic (exact) mass is 314 g/mol. The van der Waals surface area contributed by atoms with E-state index in [0.29, 0.717) is 11.3 Å². The van der Waals surface area contributed by atoms with Crippen LogP contribution < -0.4 is 10.1 Å². The molecule has 0 saturated heterocycles. The Labute approximate surface area is 136 Å². The highest BCUT2D eigenvalue weighted by Gasteiger charge is 2.11. The summed E-state index contributed by atoms with van der Waals surface area (Å²) in [7, 11) is 0. The van der Waals surface area contributed by atoms with Crippen LogP contribution in [0.25, 0.3) is 0 Å². The van der Waals surface area contributed by atoms with Gasteiger partial charge in [-0.3, -0.25) is 9.78 Å². The molecule has 1 heterocycles. The standard InChI is InChI=1S/C18H22N2O3/c1-13(2)23-16-7-3-6-15(10-16)17(21)12-20-18(22)9-14-5-4-8-19-11-14/h3-8,10-11,13,17,21H,9,12H2,1-2H3,(H,20,22). The van der Waals surface area contributed by atoms with Crippen molar-refractivity contribution in [3.63, 3.8) is 0 Å². The Balaban J connectivity index is 1.86. The van der Waals surface area contributed by atoms with Crippen LogP contribution in [0, 0.1) is 0 Å². The summed E-state index contributed by atoms with van der Waals surface area (Å²) in [4.78, 5) is 15.9. The maximum Gasteiger partial charge on any atom is 0.224 e. The van der Waals surface area contributed by atoms with Gasteiger partial charge in [0.05, 0.1) is 18.6 Å². The van der Waals surface area contributed by atoms with E-state index in [2.05, 4.69) is 10.3 Å². The minimum absolute atomic E-state index is 0.0709. The minimum Gasteiger partial charge on any atom is -0.491 e. The molecule has 0 aliphatic heterocycles. The van der Waals surface area contributed by atoms with Crippen LogP contribution in [0.15, 0.2) is 48.8 Å². The number of nitrogens with one attached hydrogen (secondary N) is 1. The van der Waals surface area contributed by atoms with Gasteiger partial charge in [-0.05, 0) is 43.2 Å². The number of aliphatic hydroxyl groups excluding tert-OH is 1. The fourth-order valence-corrected chi connectivity index (χ4v) is 2.15. The zero-order chi connectivity index (χ0) is 16.7. The second kappa shape index (κ2) is 8.29. The largest absolute Gasteiger partial charge is 0.491 e. The Morgan fingerprint density at radius 1 is 1.30 bits per heavy atom. The lowest BCUT2D eigenvalue weighted by molar-refractivity contribution is -0.120. The summed E-state index contributed by atoms with van der Waals surface area (Å²) >= 11 is 0. The molecule has 0 radical (unpaired) electrons. The molecular formula is C18H22N2O3. The molecule has 0 spiro atoms. The summed E-state index contributed by atoms with van der Waals surface area (Å²) in [6, 6.07) is 10.9. The van der Waals surface area contributed by atoms with Gasteiger partial charge in [0, 0.05) is 18.9 Å². The predicted octanol–water partition coefficient (Wildman–Crippen LogP) is 2.26. The molecule has 1 aromatic heterocycles. The Kier molecular flexibility index (Phi) is 6.11. The molecule has 1 amide bonds. The quantitative estimate of drug-likeness (QED) is 0.822. The van der Waals surface area contributed by atoms with Gasteiger partial charge in [-0.25, -0.2) is 0 Å². The molecule has 1 aromatic carbocycles. The van der Waals surface area contributed by atoms with Gasteiger partial charge in [0.25, 0.3) is 0 Å². The van der Waals surface area contributed by atoms with Crippen molar-refractivity contribution in [3.8, 4) is 5.75 Å². The number of aliphatic hydroxyl groups is 1. The third-order valence-electron chi connectivity index (χ3n) is 3.19. The van der Waals surface area contributed by atoms with Crippen molar-refractivity contribution in [3.05, 3.63) is 59.9 Å². The van der Waals surface area contributed by atoms with E-state index in [4.69, 9.17) is 4.74 Å². The average Bonchev–Trinajstić information content (AvgIpc) is 2.53. The summed E-state index contributed by atoms with van der Waals surface area (Å²) in [5.41, 5.74) is 1.55. The molecule has 23 heavy (non-hydrogen) atoms. The molecule has 2 N–H and O–H groups in total. The van der Waals surface area contributed by atoms with E-state index in [1.54, 1.807) is 24.5 Å². The molecule has 122 valence electrons. The number of nitrogens with zero attached hydrogens (tertiary/aromatic N) is 1. The SMILES string of the molecule is CC(C)Oc1cccc(C(O)CNC(=O)Cc2cccnc2)c1. The highest BCUT2D eigenvalue weighted by atomic mass is 16.5. The van der Waals surface area contributed by atoms with Gasteiger partial charge in [-0.15, -0.1) is 0 Å². The van der Waals surface area contributed by atoms with Gasteiger partial charge in [0.2, 0.25) is 5.91 Å². The van der Waals surface area contributed by atoms with Crippen molar-refractivity contribution < 1.29 is 14.6 Å². The average molecular weight is 314 g/mol. The van der Waals surface area contributed by atoms with E-state index in [1.165, 1.54) is 0 Å². The first kappa shape index (κ1) is 17.0. The number of carbonyl (C=O) groups is 1. The Bertz CT molecular complexity index is 629. The van der Waals surface area contributed by atoms with E-state index in [0.717, 1.165) is 5.56 Å². The summed E-state index contributed by atoms with van der Waals surface area (Å²) in [6.07, 6.45) is 2.86.